The highest BCUT2D eigenvalue weighted by Gasteiger charge is 2.57. The largest absolute Gasteiger partial charge is 0.508 e. The second-order valence-electron chi connectivity index (χ2n) is 21.1. The van der Waals surface area contributed by atoms with Gasteiger partial charge in [0.05, 0.1) is 29.5 Å². The topological polar surface area (TPSA) is 214 Å². The fourth-order valence-corrected chi connectivity index (χ4v) is 13.0. The Morgan fingerprint density at radius 1 is 1.06 bits per heavy atom. The van der Waals surface area contributed by atoms with Gasteiger partial charge in [0, 0.05) is 80.9 Å². The predicted octanol–water partition coefficient (Wildman–Crippen LogP) is 4.50. The molecule has 3 amide bonds. The van der Waals surface area contributed by atoms with E-state index in [0.29, 0.717) is 50.8 Å². The van der Waals surface area contributed by atoms with Crippen LogP contribution >= 0.6 is 0 Å². The summed E-state index contributed by atoms with van der Waals surface area (Å²) >= 11 is 0. The van der Waals surface area contributed by atoms with Gasteiger partial charge in [-0.25, -0.2) is 13.8 Å². The summed E-state index contributed by atoms with van der Waals surface area (Å²) in [6, 6.07) is 8.56. The fourth-order valence-electron chi connectivity index (χ4n) is 11.4. The number of methoxy groups -OCH3 is 1. The Kier molecular flexibility index (Phi) is 13.4. The molecule has 4 fully saturated rings. The van der Waals surface area contributed by atoms with Crippen LogP contribution in [-0.4, -0.2) is 138 Å². The lowest BCUT2D eigenvalue weighted by molar-refractivity contribution is -0.155. The highest BCUT2D eigenvalue weighted by molar-refractivity contribution is 7.90. The normalized spacial score (nSPS) is 26.5. The molecule has 372 valence electrons. The smallest absolute Gasteiger partial charge is 0.324 e. The van der Waals surface area contributed by atoms with E-state index in [0.717, 1.165) is 57.4 Å². The Balaban J connectivity index is 1.09. The van der Waals surface area contributed by atoms with Crippen LogP contribution < -0.4 is 16.1 Å². The summed E-state index contributed by atoms with van der Waals surface area (Å²) in [7, 11) is -1.89. The van der Waals surface area contributed by atoms with Gasteiger partial charge >= 0.3 is 5.97 Å². The van der Waals surface area contributed by atoms with Crippen molar-refractivity contribution in [3.8, 4) is 16.9 Å². The molecule has 0 radical (unpaired) electrons. The molecule has 1 aromatic heterocycles. The molecule has 0 aliphatic carbocycles. The molecule has 6 aliphatic rings. The molecule has 0 saturated carbocycles. The number of cyclic esters (lactones) is 1. The van der Waals surface area contributed by atoms with Crippen molar-refractivity contribution in [1.29, 1.82) is 0 Å². The van der Waals surface area contributed by atoms with Crippen LogP contribution in [0.4, 0.5) is 0 Å². The number of ether oxygens (including phenoxy) is 2. The molecule has 6 bridgehead atoms. The minimum atomic E-state index is -3.58. The number of nitrogens with zero attached hydrogens (tertiary/aromatic N) is 5. The number of phenolic OH excluding ortho intramolecular Hbond substituents is 1. The second kappa shape index (κ2) is 18.9. The van der Waals surface area contributed by atoms with Gasteiger partial charge < -0.3 is 29.4 Å². The highest BCUT2D eigenvalue weighted by Crippen LogP contribution is 2.45. The van der Waals surface area contributed by atoms with E-state index in [9.17, 15) is 32.7 Å². The number of hydrogen-bond acceptors (Lipinski definition) is 12. The summed E-state index contributed by atoms with van der Waals surface area (Å²) in [6.07, 6.45) is 5.55. The number of hydrogen-bond donors (Lipinski definition) is 4. The summed E-state index contributed by atoms with van der Waals surface area (Å²) < 4.78 is 42.0. The van der Waals surface area contributed by atoms with E-state index >= 15 is 0 Å². The third kappa shape index (κ3) is 9.34. The van der Waals surface area contributed by atoms with Crippen molar-refractivity contribution < 1.29 is 42.2 Å². The van der Waals surface area contributed by atoms with E-state index in [-0.39, 0.29) is 62.9 Å². The molecule has 9 rings (SSSR count). The van der Waals surface area contributed by atoms with E-state index in [2.05, 4.69) is 53.5 Å². The molecule has 6 aliphatic heterocycles. The van der Waals surface area contributed by atoms with Crippen LogP contribution in [0, 0.1) is 16.7 Å². The average Bonchev–Trinajstić information content (AvgIpc) is 3.95. The number of benzene rings is 2. The molecule has 7 heterocycles. The molecule has 4 saturated heterocycles. The van der Waals surface area contributed by atoms with E-state index in [1.54, 1.807) is 24.1 Å². The van der Waals surface area contributed by atoms with Gasteiger partial charge in [0.25, 0.3) is 5.91 Å². The molecular formula is C51H68N8O9S. The number of phenols is 1. The van der Waals surface area contributed by atoms with Crippen LogP contribution in [0.15, 0.2) is 47.1 Å². The number of carbonyl (C=O) groups excluding carboxylic acids is 4. The third-order valence-electron chi connectivity index (χ3n) is 15.1. The molecule has 2 aromatic carbocycles. The van der Waals surface area contributed by atoms with Gasteiger partial charge in [-0.15, -0.1) is 0 Å². The lowest BCUT2D eigenvalue weighted by Crippen LogP contribution is -2.62. The fraction of sp³-hybridized carbons (Fsp3) is 0.588. The first kappa shape index (κ1) is 48.9. The molecule has 0 unspecified atom stereocenters. The maximum absolute atomic E-state index is 14.8. The molecule has 4 N–H and O–H groups in total. The van der Waals surface area contributed by atoms with Gasteiger partial charge in [-0.3, -0.25) is 34.5 Å². The minimum absolute atomic E-state index is 0.0110. The Bertz CT molecular complexity index is 2730. The lowest BCUT2D eigenvalue weighted by Gasteiger charge is -2.37. The molecule has 69 heavy (non-hydrogen) atoms. The van der Waals surface area contributed by atoms with E-state index in [1.807, 2.05) is 39.1 Å². The Morgan fingerprint density at radius 2 is 1.83 bits per heavy atom. The van der Waals surface area contributed by atoms with E-state index in [4.69, 9.17) is 14.5 Å². The first-order valence-corrected chi connectivity index (χ1v) is 26.2. The monoisotopic (exact) mass is 968 g/mol. The standard InChI is InChI=1S/C51H68N8O9S/c1-8-57-41-14-13-33-25-37(41)38(45(57)36-11-9-17-52-43(36)31(4)67-7)26-50(5,6)29-68-48(63)39-12-10-18-59(55-39)47(62)40(23-32-21-34(33)24-35(60)22-32)54-46(61)44(30(2)3)58-20-16-51(49(58)64)15-19-56(28-51)69(65,66)42-27-53-42/h13-14,17,21-22,24-25,30-31,39-40,42,44,53,55,60H,8-12,15-16,18-20,23,26-29H2,1-7H3,(H,54,61)/t31-,39-,40-,42+,44-,51-/m0/s1. The second-order valence-corrected chi connectivity index (χ2v) is 23.2. The molecule has 6 atom stereocenters. The number of hydrazine groups is 1. The first-order valence-electron chi connectivity index (χ1n) is 24.7. The number of allylic oxidation sites excluding steroid dienone is 1. The van der Waals surface area contributed by atoms with Crippen molar-refractivity contribution >= 4 is 56.4 Å². The van der Waals surface area contributed by atoms with E-state index < -0.39 is 62.1 Å². The number of aliphatic imine (C=N–C) groups is 1. The number of aromatic nitrogens is 1. The zero-order valence-electron chi connectivity index (χ0n) is 41.0. The van der Waals surface area contributed by atoms with Crippen LogP contribution in [0.2, 0.25) is 0 Å². The van der Waals surface area contributed by atoms with Crippen molar-refractivity contribution in [3.05, 3.63) is 58.9 Å². The molecule has 3 aromatic rings. The maximum atomic E-state index is 14.8. The van der Waals surface area contributed by atoms with Crippen molar-refractivity contribution in [1.82, 2.24) is 34.8 Å². The number of amides is 3. The van der Waals surface area contributed by atoms with Gasteiger partial charge in [-0.2, -0.15) is 4.31 Å². The summed E-state index contributed by atoms with van der Waals surface area (Å²) in [5.74, 6) is -2.11. The van der Waals surface area contributed by atoms with Gasteiger partial charge in [0.2, 0.25) is 21.8 Å². The highest BCUT2D eigenvalue weighted by atomic mass is 32.2. The zero-order chi connectivity index (χ0) is 49.2. The molecule has 1 spiro atoms. The number of aryl methyl sites for hydroxylation is 1. The summed E-state index contributed by atoms with van der Waals surface area (Å²) in [4.78, 5) is 64.4. The average molecular weight is 969 g/mol. The quantitative estimate of drug-likeness (QED) is 0.164. The number of fused-ring (bicyclic) bond motifs is 6. The van der Waals surface area contributed by atoms with Gasteiger partial charge in [-0.1, -0.05) is 39.8 Å². The van der Waals surface area contributed by atoms with Crippen LogP contribution in [0.5, 0.6) is 5.75 Å². The number of nitrogens with one attached hydrogen (secondary N) is 3. The third-order valence-corrected chi connectivity index (χ3v) is 17.2. The Hall–Kier alpha value is -5.14. The summed E-state index contributed by atoms with van der Waals surface area (Å²) in [6.45, 7) is 14.1. The van der Waals surface area contributed by atoms with Crippen LogP contribution in [0.25, 0.3) is 27.6 Å². The SMILES string of the molecule is CCn1c(C2=C([C@H](C)OC)N=CCC2)c2c3cc(ccc31)-c1cc(O)cc(c1)C[C@H](NC(=O)[C@H](C(C)C)N1CC[C@]3(CCN(S(=O)(=O)[C@@H]4CN4)C3)C1=O)C(=O)N1CCC[C@H](N1)C(=O)OCC(C)(C)C2. The Morgan fingerprint density at radius 3 is 2.55 bits per heavy atom. The van der Waals surface area contributed by atoms with Crippen molar-refractivity contribution in [2.24, 2.45) is 21.7 Å². The van der Waals surface area contributed by atoms with Crippen LogP contribution in [-0.2, 0) is 58.1 Å². The summed E-state index contributed by atoms with van der Waals surface area (Å²) in [5.41, 5.74) is 9.05. The number of aromatic hydroxyl groups is 1. The van der Waals surface area contributed by atoms with Gasteiger partial charge in [-0.05, 0) is 111 Å². The number of carbonyl (C=O) groups is 4. The van der Waals surface area contributed by atoms with Crippen LogP contribution in [0.3, 0.4) is 0 Å². The molecule has 18 heteroatoms. The van der Waals surface area contributed by atoms with Gasteiger partial charge in [0.15, 0.2) is 0 Å². The van der Waals surface area contributed by atoms with Crippen molar-refractivity contribution in [2.75, 3.05) is 46.4 Å². The maximum Gasteiger partial charge on any atom is 0.324 e. The summed E-state index contributed by atoms with van der Waals surface area (Å²) in [5, 5.41) is 19.1. The number of rotatable bonds is 10. The van der Waals surface area contributed by atoms with Crippen LogP contribution in [0.1, 0.15) is 96.9 Å². The van der Waals surface area contributed by atoms with Crippen molar-refractivity contribution in [2.45, 2.75) is 129 Å². The molecular weight excluding hydrogens is 901 g/mol. The number of likely N-dealkylation sites (tertiary alicyclic amines) is 1. The zero-order valence-corrected chi connectivity index (χ0v) is 41.8. The predicted molar refractivity (Wildman–Crippen MR) is 262 cm³/mol. The Labute approximate surface area is 405 Å². The van der Waals surface area contributed by atoms with Crippen molar-refractivity contribution in [3.63, 3.8) is 0 Å². The first-order chi connectivity index (χ1) is 32.8. The lowest BCUT2D eigenvalue weighted by atomic mass is 9.83. The molecule has 17 nitrogen and oxygen atoms in total. The number of esters is 1. The van der Waals surface area contributed by atoms with Gasteiger partial charge in [0.1, 0.15) is 29.2 Å². The number of sulfonamides is 1. The minimum Gasteiger partial charge on any atom is -0.508 e. The van der Waals surface area contributed by atoms with E-state index in [1.165, 1.54) is 9.31 Å².